The summed E-state index contributed by atoms with van der Waals surface area (Å²) in [6.45, 7) is 0. The van der Waals surface area contributed by atoms with Crippen LogP contribution in [-0.2, 0) is 4.79 Å². The maximum Gasteiger partial charge on any atom is 0.161 e. The van der Waals surface area contributed by atoms with Crippen LogP contribution in [0.15, 0.2) is 65.1 Å². The van der Waals surface area contributed by atoms with Crippen molar-refractivity contribution in [3.05, 3.63) is 75.7 Å². The standard InChI is InChI=1S/C23H20ClN3O3/c1-30-20-10-9-13(11-19(20)29)21-14(12-25)23(26)27(16-6-3-2-5-15(16)24)17-7-4-8-18(28)22(17)21/h2-3,5-6,9-11,21,29H,4,7-8,26H2,1H3. The first kappa shape index (κ1) is 19.9. The number of carbonyl (C=O) groups excluding carboxylic acids is 1. The average Bonchev–Trinajstić information content (AvgIpc) is 2.74. The van der Waals surface area contributed by atoms with Crippen molar-refractivity contribution in [2.24, 2.45) is 5.73 Å². The second kappa shape index (κ2) is 7.77. The van der Waals surface area contributed by atoms with Gasteiger partial charge in [0.25, 0.3) is 0 Å². The maximum atomic E-state index is 13.1. The number of anilines is 1. The molecule has 0 saturated carbocycles. The zero-order valence-electron chi connectivity index (χ0n) is 16.4. The molecule has 1 aliphatic heterocycles. The molecule has 0 bridgehead atoms. The number of phenolic OH excluding ortho intramolecular Hbond substituents is 1. The fourth-order valence-corrected chi connectivity index (χ4v) is 4.43. The van der Waals surface area contributed by atoms with Gasteiger partial charge in [-0.25, -0.2) is 0 Å². The average molecular weight is 422 g/mol. The lowest BCUT2D eigenvalue weighted by molar-refractivity contribution is -0.116. The number of benzene rings is 2. The summed E-state index contributed by atoms with van der Waals surface area (Å²) in [5, 5.41) is 20.8. The fraction of sp³-hybridized carbons (Fsp3) is 0.217. The zero-order valence-corrected chi connectivity index (χ0v) is 17.1. The second-order valence-electron chi connectivity index (χ2n) is 7.20. The highest BCUT2D eigenvalue weighted by atomic mass is 35.5. The number of nitriles is 1. The van der Waals surface area contributed by atoms with Crippen molar-refractivity contribution in [2.75, 3.05) is 12.0 Å². The van der Waals surface area contributed by atoms with Crippen LogP contribution >= 0.6 is 11.6 Å². The summed E-state index contributed by atoms with van der Waals surface area (Å²) in [4.78, 5) is 14.8. The minimum Gasteiger partial charge on any atom is -0.504 e. The van der Waals surface area contributed by atoms with Crippen LogP contribution in [0, 0.1) is 11.3 Å². The molecule has 1 unspecified atom stereocenters. The number of carbonyl (C=O) groups is 1. The summed E-state index contributed by atoms with van der Waals surface area (Å²) < 4.78 is 5.12. The molecule has 7 heteroatoms. The molecule has 1 heterocycles. The monoisotopic (exact) mass is 421 g/mol. The van der Waals surface area contributed by atoms with Gasteiger partial charge in [0.2, 0.25) is 0 Å². The summed E-state index contributed by atoms with van der Waals surface area (Å²) in [5.41, 5.74) is 9.25. The highest BCUT2D eigenvalue weighted by molar-refractivity contribution is 6.33. The molecule has 2 aromatic carbocycles. The van der Waals surface area contributed by atoms with Gasteiger partial charge in [0.05, 0.1) is 35.4 Å². The van der Waals surface area contributed by atoms with Gasteiger partial charge in [0.1, 0.15) is 5.82 Å². The van der Waals surface area contributed by atoms with E-state index in [9.17, 15) is 15.2 Å². The number of halogens is 1. The molecule has 152 valence electrons. The summed E-state index contributed by atoms with van der Waals surface area (Å²) in [5.74, 6) is -0.210. The smallest absolute Gasteiger partial charge is 0.161 e. The summed E-state index contributed by atoms with van der Waals surface area (Å²) in [6.07, 6.45) is 1.71. The van der Waals surface area contributed by atoms with E-state index in [1.165, 1.54) is 13.2 Å². The van der Waals surface area contributed by atoms with Gasteiger partial charge in [-0.05, 0) is 42.7 Å². The molecule has 2 aromatic rings. The third-order valence-corrected chi connectivity index (χ3v) is 5.86. The Bertz CT molecular complexity index is 1150. The molecule has 4 rings (SSSR count). The molecule has 30 heavy (non-hydrogen) atoms. The van der Waals surface area contributed by atoms with Crippen LogP contribution < -0.4 is 15.4 Å². The molecule has 0 aromatic heterocycles. The lowest BCUT2D eigenvalue weighted by Crippen LogP contribution is -2.38. The van der Waals surface area contributed by atoms with E-state index >= 15 is 0 Å². The van der Waals surface area contributed by atoms with E-state index < -0.39 is 5.92 Å². The first-order valence-electron chi connectivity index (χ1n) is 9.55. The van der Waals surface area contributed by atoms with Gasteiger partial charge in [-0.15, -0.1) is 0 Å². The topological polar surface area (TPSA) is 99.6 Å². The molecule has 6 nitrogen and oxygen atoms in total. The lowest BCUT2D eigenvalue weighted by atomic mass is 9.75. The van der Waals surface area contributed by atoms with Crippen molar-refractivity contribution in [3.8, 4) is 17.6 Å². The van der Waals surface area contributed by atoms with E-state index in [0.29, 0.717) is 46.9 Å². The number of ether oxygens (including phenoxy) is 1. The van der Waals surface area contributed by atoms with Crippen LogP contribution in [-0.4, -0.2) is 18.0 Å². The quantitative estimate of drug-likeness (QED) is 0.763. The van der Waals surface area contributed by atoms with Crippen molar-refractivity contribution in [1.82, 2.24) is 0 Å². The number of methoxy groups -OCH3 is 1. The highest BCUT2D eigenvalue weighted by Crippen LogP contribution is 2.48. The zero-order chi connectivity index (χ0) is 21.4. The molecule has 1 aliphatic carbocycles. The van der Waals surface area contributed by atoms with Gasteiger partial charge in [-0.2, -0.15) is 5.26 Å². The number of ketones is 1. The number of hydrogen-bond acceptors (Lipinski definition) is 6. The predicted octanol–water partition coefficient (Wildman–Crippen LogP) is 4.36. The van der Waals surface area contributed by atoms with Crippen LogP contribution in [0.3, 0.4) is 0 Å². The van der Waals surface area contributed by atoms with E-state index in [1.807, 2.05) is 18.2 Å². The van der Waals surface area contributed by atoms with Crippen LogP contribution in [0.4, 0.5) is 5.69 Å². The number of aromatic hydroxyl groups is 1. The Labute approximate surface area is 179 Å². The van der Waals surface area contributed by atoms with Crippen molar-refractivity contribution in [2.45, 2.75) is 25.2 Å². The molecular weight excluding hydrogens is 402 g/mol. The fourth-order valence-electron chi connectivity index (χ4n) is 4.21. The Hall–Kier alpha value is -3.43. The van der Waals surface area contributed by atoms with Crippen molar-refractivity contribution < 1.29 is 14.6 Å². The number of phenols is 1. The van der Waals surface area contributed by atoms with E-state index in [1.54, 1.807) is 23.1 Å². The Morgan fingerprint density at radius 2 is 2.03 bits per heavy atom. The van der Waals surface area contributed by atoms with Gasteiger partial charge in [-0.3, -0.25) is 9.69 Å². The molecule has 0 radical (unpaired) electrons. The SMILES string of the molecule is COc1ccc(C2C(C#N)=C(N)N(c3ccccc3Cl)C3=C2C(=O)CCC3)cc1O. The van der Waals surface area contributed by atoms with Crippen molar-refractivity contribution in [3.63, 3.8) is 0 Å². The van der Waals surface area contributed by atoms with Gasteiger partial charge in [-0.1, -0.05) is 29.8 Å². The van der Waals surface area contributed by atoms with Crippen molar-refractivity contribution in [1.29, 1.82) is 5.26 Å². The number of Topliss-reactive ketones (excluding diaryl/α,β-unsaturated/α-hetero) is 1. The summed E-state index contributed by atoms with van der Waals surface area (Å²) in [7, 11) is 1.46. The number of para-hydroxylation sites is 1. The molecule has 0 spiro atoms. The van der Waals surface area contributed by atoms with Gasteiger partial charge in [0.15, 0.2) is 17.3 Å². The number of nitrogens with two attached hydrogens (primary N) is 1. The van der Waals surface area contributed by atoms with Gasteiger partial charge < -0.3 is 15.6 Å². The predicted molar refractivity (Wildman–Crippen MR) is 114 cm³/mol. The first-order valence-corrected chi connectivity index (χ1v) is 9.93. The van der Waals surface area contributed by atoms with E-state index in [2.05, 4.69) is 6.07 Å². The third-order valence-electron chi connectivity index (χ3n) is 5.54. The minimum atomic E-state index is -0.659. The van der Waals surface area contributed by atoms with E-state index in [0.717, 1.165) is 5.70 Å². The number of allylic oxidation sites excluding steroid dienone is 3. The number of hydrogen-bond donors (Lipinski definition) is 2. The Kier molecular flexibility index (Phi) is 5.15. The molecule has 0 amide bonds. The maximum absolute atomic E-state index is 13.1. The Balaban J connectivity index is 1.97. The Morgan fingerprint density at radius 1 is 1.27 bits per heavy atom. The van der Waals surface area contributed by atoms with Crippen molar-refractivity contribution >= 4 is 23.1 Å². The second-order valence-corrected chi connectivity index (χ2v) is 7.61. The largest absolute Gasteiger partial charge is 0.504 e. The Morgan fingerprint density at radius 3 is 2.70 bits per heavy atom. The number of nitrogens with zero attached hydrogens (tertiary/aromatic N) is 2. The molecule has 3 N–H and O–H groups in total. The molecule has 0 saturated heterocycles. The highest BCUT2D eigenvalue weighted by Gasteiger charge is 2.40. The first-order chi connectivity index (χ1) is 14.5. The van der Waals surface area contributed by atoms with Gasteiger partial charge in [0, 0.05) is 17.7 Å². The lowest BCUT2D eigenvalue weighted by Gasteiger charge is -2.40. The van der Waals surface area contributed by atoms with Crippen LogP contribution in [0.2, 0.25) is 5.02 Å². The molecule has 0 fully saturated rings. The molecule has 2 aliphatic rings. The molecule has 1 atom stereocenters. The molecular formula is C23H20ClN3O3. The van der Waals surface area contributed by atoms with Crippen LogP contribution in [0.25, 0.3) is 0 Å². The third kappa shape index (κ3) is 3.08. The summed E-state index contributed by atoms with van der Waals surface area (Å²) in [6, 6.07) is 14.3. The minimum absolute atomic E-state index is 0.0335. The normalized spacial score (nSPS) is 18.9. The van der Waals surface area contributed by atoms with Crippen LogP contribution in [0.5, 0.6) is 11.5 Å². The summed E-state index contributed by atoms with van der Waals surface area (Å²) >= 11 is 6.43. The van der Waals surface area contributed by atoms with E-state index in [-0.39, 0.29) is 22.9 Å². The number of rotatable bonds is 3. The van der Waals surface area contributed by atoms with E-state index in [4.69, 9.17) is 22.1 Å². The van der Waals surface area contributed by atoms with Crippen LogP contribution in [0.1, 0.15) is 30.7 Å². The van der Waals surface area contributed by atoms with Gasteiger partial charge >= 0.3 is 0 Å².